The highest BCUT2D eigenvalue weighted by Gasteiger charge is 2.33. The zero-order chi connectivity index (χ0) is 16.7. The van der Waals surface area contributed by atoms with Crippen LogP contribution >= 0.6 is 0 Å². The van der Waals surface area contributed by atoms with Crippen molar-refractivity contribution in [2.75, 3.05) is 16.8 Å². The first-order valence-electron chi connectivity index (χ1n) is 8.02. The number of nitrogens with zero attached hydrogens (tertiary/aromatic N) is 7. The van der Waals surface area contributed by atoms with Crippen molar-refractivity contribution < 1.29 is 4.92 Å². The molecule has 4 rings (SSSR count). The lowest BCUT2D eigenvalue weighted by atomic mass is 10.2. The third-order valence-corrected chi connectivity index (χ3v) is 4.43. The SMILES string of the molecule is Cn1cnnc1[C@H]1CCCN1c1ncc([N+](=O)[O-])c(NC2CC2)n1. The van der Waals surface area contributed by atoms with E-state index in [0.717, 1.165) is 38.1 Å². The first-order chi connectivity index (χ1) is 11.6. The van der Waals surface area contributed by atoms with E-state index in [9.17, 15) is 10.1 Å². The fraction of sp³-hybridized carbons (Fsp3) is 0.571. The molecule has 1 N–H and O–H groups in total. The van der Waals surface area contributed by atoms with Gasteiger partial charge >= 0.3 is 5.69 Å². The lowest BCUT2D eigenvalue weighted by Crippen LogP contribution is -2.27. The highest BCUT2D eigenvalue weighted by Crippen LogP contribution is 2.35. The van der Waals surface area contributed by atoms with Crippen molar-refractivity contribution in [1.82, 2.24) is 24.7 Å². The summed E-state index contributed by atoms with van der Waals surface area (Å²) in [7, 11) is 1.91. The number of hydrogen-bond acceptors (Lipinski definition) is 8. The minimum absolute atomic E-state index is 0.0349. The van der Waals surface area contributed by atoms with Gasteiger partial charge in [0.1, 0.15) is 12.5 Å². The second kappa shape index (κ2) is 5.69. The summed E-state index contributed by atoms with van der Waals surface area (Å²) in [6.07, 6.45) is 6.91. The molecule has 1 atom stereocenters. The van der Waals surface area contributed by atoms with Crippen LogP contribution in [0.5, 0.6) is 0 Å². The summed E-state index contributed by atoms with van der Waals surface area (Å²) in [5.74, 6) is 1.65. The van der Waals surface area contributed by atoms with Gasteiger partial charge in [0, 0.05) is 19.6 Å². The smallest absolute Gasteiger partial charge is 0.329 e. The van der Waals surface area contributed by atoms with E-state index >= 15 is 0 Å². The topological polar surface area (TPSA) is 115 Å². The largest absolute Gasteiger partial charge is 0.361 e. The molecule has 10 heteroatoms. The number of nitro groups is 1. The van der Waals surface area contributed by atoms with E-state index in [-0.39, 0.29) is 17.8 Å². The monoisotopic (exact) mass is 330 g/mol. The highest BCUT2D eigenvalue weighted by molar-refractivity contribution is 5.58. The lowest BCUT2D eigenvalue weighted by molar-refractivity contribution is -0.384. The van der Waals surface area contributed by atoms with Crippen LogP contribution in [-0.4, -0.2) is 42.2 Å². The van der Waals surface area contributed by atoms with E-state index in [1.165, 1.54) is 6.20 Å². The predicted octanol–water partition coefficient (Wildman–Crippen LogP) is 1.43. The maximum Gasteiger partial charge on any atom is 0.329 e. The van der Waals surface area contributed by atoms with Gasteiger partial charge in [0.15, 0.2) is 5.82 Å². The molecule has 126 valence electrons. The van der Waals surface area contributed by atoms with E-state index in [2.05, 4.69) is 25.5 Å². The zero-order valence-electron chi connectivity index (χ0n) is 13.3. The maximum absolute atomic E-state index is 11.2. The van der Waals surface area contributed by atoms with Gasteiger partial charge in [-0.1, -0.05) is 0 Å². The van der Waals surface area contributed by atoms with Crippen molar-refractivity contribution in [2.45, 2.75) is 37.8 Å². The van der Waals surface area contributed by atoms with Gasteiger partial charge in [-0.3, -0.25) is 10.1 Å². The van der Waals surface area contributed by atoms with Crippen LogP contribution in [0, 0.1) is 10.1 Å². The van der Waals surface area contributed by atoms with E-state index < -0.39 is 4.92 Å². The molecular weight excluding hydrogens is 312 g/mol. The zero-order valence-corrected chi connectivity index (χ0v) is 13.3. The summed E-state index contributed by atoms with van der Waals surface area (Å²) in [5, 5.41) is 22.5. The molecule has 0 aromatic carbocycles. The minimum Gasteiger partial charge on any atom is -0.361 e. The summed E-state index contributed by atoms with van der Waals surface area (Å²) < 4.78 is 1.89. The molecule has 3 heterocycles. The molecule has 24 heavy (non-hydrogen) atoms. The fourth-order valence-corrected chi connectivity index (χ4v) is 3.03. The van der Waals surface area contributed by atoms with Gasteiger partial charge in [-0.25, -0.2) is 4.98 Å². The molecular formula is C14H18N8O2. The van der Waals surface area contributed by atoms with Crippen LogP contribution in [0.4, 0.5) is 17.5 Å². The number of nitrogens with one attached hydrogen (secondary N) is 1. The Hall–Kier alpha value is -2.78. The van der Waals surface area contributed by atoms with Gasteiger partial charge in [-0.05, 0) is 25.7 Å². The highest BCUT2D eigenvalue weighted by atomic mass is 16.6. The summed E-state index contributed by atoms with van der Waals surface area (Å²) in [5.41, 5.74) is -0.0833. The standard InChI is InChI=1S/C14H18N8O2/c1-20-8-16-19-13(20)10-3-2-6-21(10)14-15-7-11(22(23)24)12(18-14)17-9-4-5-9/h7-10H,2-6H2,1H3,(H,15,17,18)/t10-/m1/s1. The molecule has 10 nitrogen and oxygen atoms in total. The Morgan fingerprint density at radius 2 is 2.21 bits per heavy atom. The van der Waals surface area contributed by atoms with Crippen LogP contribution in [0.3, 0.4) is 0 Å². The molecule has 1 saturated carbocycles. The molecule has 0 radical (unpaired) electrons. The number of aromatic nitrogens is 5. The molecule has 2 aliphatic rings. The van der Waals surface area contributed by atoms with Gasteiger partial charge in [-0.2, -0.15) is 4.98 Å². The molecule has 0 bridgehead atoms. The quantitative estimate of drug-likeness (QED) is 0.646. The number of aryl methyl sites for hydroxylation is 1. The summed E-state index contributed by atoms with van der Waals surface area (Å²) >= 11 is 0. The molecule has 1 aliphatic heterocycles. The van der Waals surface area contributed by atoms with Crippen LogP contribution in [0.2, 0.25) is 0 Å². The summed E-state index contributed by atoms with van der Waals surface area (Å²) in [4.78, 5) is 21.5. The normalized spacial score (nSPS) is 20.4. The van der Waals surface area contributed by atoms with Crippen molar-refractivity contribution in [1.29, 1.82) is 0 Å². The second-order valence-corrected chi connectivity index (χ2v) is 6.23. The van der Waals surface area contributed by atoms with Crippen molar-refractivity contribution in [3.05, 3.63) is 28.5 Å². The second-order valence-electron chi connectivity index (χ2n) is 6.23. The van der Waals surface area contributed by atoms with Crippen LogP contribution in [-0.2, 0) is 7.05 Å². The molecule has 1 aliphatic carbocycles. The lowest BCUT2D eigenvalue weighted by Gasteiger charge is -2.24. The van der Waals surface area contributed by atoms with Crippen LogP contribution in [0.25, 0.3) is 0 Å². The van der Waals surface area contributed by atoms with Gasteiger partial charge in [0.05, 0.1) is 11.0 Å². The number of hydrogen-bond donors (Lipinski definition) is 1. The molecule has 1 saturated heterocycles. The summed E-state index contributed by atoms with van der Waals surface area (Å²) in [6, 6.07) is 0.312. The Morgan fingerprint density at radius 1 is 1.38 bits per heavy atom. The number of anilines is 2. The first kappa shape index (κ1) is 14.8. The van der Waals surface area contributed by atoms with Crippen molar-refractivity contribution in [2.24, 2.45) is 7.05 Å². The van der Waals surface area contributed by atoms with Crippen molar-refractivity contribution in [3.8, 4) is 0 Å². The number of rotatable bonds is 5. The van der Waals surface area contributed by atoms with Gasteiger partial charge in [-0.15, -0.1) is 10.2 Å². The Balaban J connectivity index is 1.67. The first-order valence-corrected chi connectivity index (χ1v) is 8.02. The van der Waals surface area contributed by atoms with Gasteiger partial charge < -0.3 is 14.8 Å². The van der Waals surface area contributed by atoms with Crippen LogP contribution in [0.15, 0.2) is 12.5 Å². The van der Waals surface area contributed by atoms with E-state index in [4.69, 9.17) is 0 Å². The molecule has 2 aromatic rings. The average Bonchev–Trinajstić information content (AvgIpc) is 3.07. The van der Waals surface area contributed by atoms with Crippen LogP contribution in [0.1, 0.15) is 37.5 Å². The maximum atomic E-state index is 11.2. The minimum atomic E-state index is -0.446. The van der Waals surface area contributed by atoms with E-state index in [1.54, 1.807) is 6.33 Å². The molecule has 0 spiro atoms. The summed E-state index contributed by atoms with van der Waals surface area (Å²) in [6.45, 7) is 0.790. The third kappa shape index (κ3) is 2.63. The van der Waals surface area contributed by atoms with Crippen molar-refractivity contribution in [3.63, 3.8) is 0 Å². The Labute approximate surface area is 138 Å². The predicted molar refractivity (Wildman–Crippen MR) is 85.7 cm³/mol. The molecule has 2 aromatic heterocycles. The van der Waals surface area contributed by atoms with E-state index in [0.29, 0.717) is 11.8 Å². The van der Waals surface area contributed by atoms with Gasteiger partial charge in [0.25, 0.3) is 0 Å². The fourth-order valence-electron chi connectivity index (χ4n) is 3.03. The van der Waals surface area contributed by atoms with Crippen LogP contribution < -0.4 is 10.2 Å². The molecule has 2 fully saturated rings. The van der Waals surface area contributed by atoms with Crippen molar-refractivity contribution >= 4 is 17.5 Å². The average molecular weight is 330 g/mol. The van der Waals surface area contributed by atoms with Gasteiger partial charge in [0.2, 0.25) is 11.8 Å². The Bertz CT molecular complexity index is 772. The third-order valence-electron chi connectivity index (χ3n) is 4.43. The Kier molecular flexibility index (Phi) is 3.51. The van der Waals surface area contributed by atoms with E-state index in [1.807, 2.05) is 16.5 Å². The molecule has 0 unspecified atom stereocenters. The Morgan fingerprint density at radius 3 is 2.88 bits per heavy atom. The molecule has 0 amide bonds.